The van der Waals surface area contributed by atoms with Crippen LogP contribution >= 0.6 is 0 Å². The van der Waals surface area contributed by atoms with Gasteiger partial charge >= 0.3 is 5.97 Å². The summed E-state index contributed by atoms with van der Waals surface area (Å²) in [6.07, 6.45) is 4.48. The van der Waals surface area contributed by atoms with Gasteiger partial charge in [0.1, 0.15) is 10.7 Å². The lowest BCUT2D eigenvalue weighted by molar-refractivity contribution is 0.0696. The Morgan fingerprint density at radius 3 is 2.45 bits per heavy atom. The van der Waals surface area contributed by atoms with Crippen molar-refractivity contribution < 1.29 is 22.7 Å². The average Bonchev–Trinajstić information content (AvgIpc) is 2.38. The topological polar surface area (TPSA) is 83.5 Å². The summed E-state index contributed by atoms with van der Waals surface area (Å²) in [7, 11) is -3.95. The summed E-state index contributed by atoms with van der Waals surface area (Å²) in [5.41, 5.74) is -0.279. The summed E-state index contributed by atoms with van der Waals surface area (Å²) in [5, 5.41) is 8.73. The maximum Gasteiger partial charge on any atom is 0.335 e. The summed E-state index contributed by atoms with van der Waals surface area (Å²) in [6.45, 7) is 0. The number of nitrogens with one attached hydrogen (secondary N) is 1. The first-order valence-electron chi connectivity index (χ1n) is 6.45. The molecule has 0 bridgehead atoms. The van der Waals surface area contributed by atoms with Crippen LogP contribution in [0.4, 0.5) is 4.39 Å². The summed E-state index contributed by atoms with van der Waals surface area (Å²) in [4.78, 5) is 10.2. The number of hydrogen-bond acceptors (Lipinski definition) is 3. The Hall–Kier alpha value is -1.47. The number of carboxylic acids is 1. The van der Waals surface area contributed by atoms with E-state index in [4.69, 9.17) is 5.11 Å². The Balaban J connectivity index is 2.22. The molecule has 1 fully saturated rings. The standard InChI is InChI=1S/C13H16FNO4S/c14-11-8-9(13(16)17)6-7-12(11)20(18,19)15-10-4-2-1-3-5-10/h6-8,10,15H,1-5H2,(H,16,17). The van der Waals surface area contributed by atoms with E-state index in [2.05, 4.69) is 4.72 Å². The second-order valence-electron chi connectivity index (χ2n) is 4.91. The first-order valence-corrected chi connectivity index (χ1v) is 7.93. The molecule has 1 aromatic rings. The first-order chi connectivity index (χ1) is 9.40. The van der Waals surface area contributed by atoms with Gasteiger partial charge in [-0.2, -0.15) is 0 Å². The van der Waals surface area contributed by atoms with Crippen LogP contribution in [0.15, 0.2) is 23.1 Å². The molecule has 0 saturated heterocycles. The maximum atomic E-state index is 13.8. The molecule has 0 spiro atoms. The fourth-order valence-corrected chi connectivity index (χ4v) is 3.72. The van der Waals surface area contributed by atoms with Gasteiger partial charge in [0.15, 0.2) is 0 Å². The van der Waals surface area contributed by atoms with Gasteiger partial charge in [-0.15, -0.1) is 0 Å². The predicted octanol–water partition coefficient (Wildman–Crippen LogP) is 2.13. The molecule has 2 rings (SSSR count). The van der Waals surface area contributed by atoms with Crippen molar-refractivity contribution in [3.8, 4) is 0 Å². The highest BCUT2D eigenvalue weighted by molar-refractivity contribution is 7.89. The number of sulfonamides is 1. The minimum Gasteiger partial charge on any atom is -0.478 e. The minimum atomic E-state index is -3.95. The first kappa shape index (κ1) is 14.9. The van der Waals surface area contributed by atoms with E-state index in [0.717, 1.165) is 50.3 Å². The van der Waals surface area contributed by atoms with Gasteiger partial charge in [-0.25, -0.2) is 22.3 Å². The van der Waals surface area contributed by atoms with Crippen LogP contribution in [0.5, 0.6) is 0 Å². The number of carbonyl (C=O) groups is 1. The predicted molar refractivity (Wildman–Crippen MR) is 70.6 cm³/mol. The summed E-state index contributed by atoms with van der Waals surface area (Å²) < 4.78 is 40.5. The van der Waals surface area contributed by atoms with Gasteiger partial charge in [-0.05, 0) is 31.0 Å². The van der Waals surface area contributed by atoms with E-state index in [1.54, 1.807) is 0 Å². The van der Waals surface area contributed by atoms with E-state index in [0.29, 0.717) is 0 Å². The van der Waals surface area contributed by atoms with E-state index in [1.807, 2.05) is 0 Å². The minimum absolute atomic E-state index is 0.174. The molecule has 1 saturated carbocycles. The molecule has 2 N–H and O–H groups in total. The van der Waals surface area contributed by atoms with Crippen molar-refractivity contribution in [1.82, 2.24) is 4.72 Å². The third kappa shape index (κ3) is 3.34. The number of aromatic carboxylic acids is 1. The molecular weight excluding hydrogens is 285 g/mol. The molecule has 0 radical (unpaired) electrons. The molecule has 1 aromatic carbocycles. The molecule has 0 heterocycles. The molecule has 0 aromatic heterocycles. The van der Waals surface area contributed by atoms with E-state index in [1.165, 1.54) is 0 Å². The molecular formula is C13H16FNO4S. The van der Waals surface area contributed by atoms with Gasteiger partial charge < -0.3 is 5.11 Å². The SMILES string of the molecule is O=C(O)c1ccc(S(=O)(=O)NC2CCCCC2)c(F)c1. The van der Waals surface area contributed by atoms with Gasteiger partial charge in [-0.3, -0.25) is 0 Å². The van der Waals surface area contributed by atoms with Crippen LogP contribution in [-0.4, -0.2) is 25.5 Å². The Morgan fingerprint density at radius 1 is 1.25 bits per heavy atom. The number of halogens is 1. The molecule has 7 heteroatoms. The largest absolute Gasteiger partial charge is 0.478 e. The van der Waals surface area contributed by atoms with Crippen molar-refractivity contribution in [3.63, 3.8) is 0 Å². The van der Waals surface area contributed by atoms with E-state index >= 15 is 0 Å². The van der Waals surface area contributed by atoms with Crippen molar-refractivity contribution in [2.75, 3.05) is 0 Å². The zero-order valence-corrected chi connectivity index (χ0v) is 11.6. The smallest absolute Gasteiger partial charge is 0.335 e. The van der Waals surface area contributed by atoms with Crippen molar-refractivity contribution >= 4 is 16.0 Å². The van der Waals surface area contributed by atoms with Crippen LogP contribution in [0.1, 0.15) is 42.5 Å². The average molecular weight is 301 g/mol. The highest BCUT2D eigenvalue weighted by atomic mass is 32.2. The number of benzene rings is 1. The van der Waals surface area contributed by atoms with Crippen molar-refractivity contribution in [1.29, 1.82) is 0 Å². The van der Waals surface area contributed by atoms with E-state index in [9.17, 15) is 17.6 Å². The maximum absolute atomic E-state index is 13.8. The quantitative estimate of drug-likeness (QED) is 0.892. The Labute approximate surface area is 116 Å². The van der Waals surface area contributed by atoms with Crippen molar-refractivity contribution in [2.45, 2.75) is 43.0 Å². The molecule has 0 aliphatic heterocycles. The molecule has 1 aliphatic carbocycles. The highest BCUT2D eigenvalue weighted by Crippen LogP contribution is 2.21. The van der Waals surface area contributed by atoms with Gasteiger partial charge in [0.05, 0.1) is 5.56 Å². The lowest BCUT2D eigenvalue weighted by atomic mass is 9.96. The van der Waals surface area contributed by atoms with Crippen LogP contribution in [0.25, 0.3) is 0 Å². The molecule has 5 nitrogen and oxygen atoms in total. The van der Waals surface area contributed by atoms with Crippen molar-refractivity contribution in [2.24, 2.45) is 0 Å². The van der Waals surface area contributed by atoms with Crippen LogP contribution < -0.4 is 4.72 Å². The third-order valence-electron chi connectivity index (χ3n) is 3.40. The van der Waals surface area contributed by atoms with Crippen LogP contribution in [0, 0.1) is 5.82 Å². The Morgan fingerprint density at radius 2 is 1.90 bits per heavy atom. The molecule has 0 atom stereocenters. The fourth-order valence-electron chi connectivity index (χ4n) is 2.36. The van der Waals surface area contributed by atoms with E-state index in [-0.39, 0.29) is 11.6 Å². The second-order valence-corrected chi connectivity index (χ2v) is 6.59. The molecule has 0 amide bonds. The molecule has 0 unspecified atom stereocenters. The van der Waals surface area contributed by atoms with Gasteiger partial charge in [0.25, 0.3) is 0 Å². The normalized spacial score (nSPS) is 17.1. The molecule has 110 valence electrons. The van der Waals surface area contributed by atoms with Gasteiger partial charge in [0.2, 0.25) is 10.0 Å². The number of hydrogen-bond donors (Lipinski definition) is 2. The Bertz CT molecular complexity index is 609. The zero-order valence-electron chi connectivity index (χ0n) is 10.8. The third-order valence-corrected chi connectivity index (χ3v) is 4.95. The lowest BCUT2D eigenvalue weighted by Crippen LogP contribution is -2.36. The highest BCUT2D eigenvalue weighted by Gasteiger charge is 2.25. The lowest BCUT2D eigenvalue weighted by Gasteiger charge is -2.22. The van der Waals surface area contributed by atoms with Crippen LogP contribution in [-0.2, 0) is 10.0 Å². The van der Waals surface area contributed by atoms with Gasteiger partial charge in [0, 0.05) is 6.04 Å². The monoisotopic (exact) mass is 301 g/mol. The molecule has 20 heavy (non-hydrogen) atoms. The Kier molecular flexibility index (Phi) is 4.39. The summed E-state index contributed by atoms with van der Waals surface area (Å²) in [5.74, 6) is -2.35. The van der Waals surface area contributed by atoms with Crippen molar-refractivity contribution in [3.05, 3.63) is 29.6 Å². The van der Waals surface area contributed by atoms with Gasteiger partial charge in [-0.1, -0.05) is 19.3 Å². The summed E-state index contributed by atoms with van der Waals surface area (Å²) in [6, 6.07) is 2.62. The van der Waals surface area contributed by atoms with Crippen LogP contribution in [0.2, 0.25) is 0 Å². The van der Waals surface area contributed by atoms with Crippen LogP contribution in [0.3, 0.4) is 0 Å². The fraction of sp³-hybridized carbons (Fsp3) is 0.462. The summed E-state index contributed by atoms with van der Waals surface area (Å²) >= 11 is 0. The number of rotatable bonds is 4. The second kappa shape index (κ2) is 5.88. The molecule has 1 aliphatic rings. The zero-order chi connectivity index (χ0) is 14.8. The number of carboxylic acid groups (broad SMARTS) is 1. The van der Waals surface area contributed by atoms with E-state index < -0.39 is 26.7 Å².